The SMILES string of the molecule is CO[C@H]1[C@H](C)OC(=O)[C@@H](N)CCCC[C@@H]1OC1CCCC1. The van der Waals surface area contributed by atoms with E-state index in [1.165, 1.54) is 12.8 Å². The van der Waals surface area contributed by atoms with Gasteiger partial charge in [0, 0.05) is 7.11 Å². The van der Waals surface area contributed by atoms with Gasteiger partial charge in [-0.05, 0) is 32.6 Å². The van der Waals surface area contributed by atoms with E-state index in [1.807, 2.05) is 6.92 Å². The van der Waals surface area contributed by atoms with Crippen molar-refractivity contribution in [3.05, 3.63) is 0 Å². The van der Waals surface area contributed by atoms with Crippen LogP contribution in [0, 0.1) is 0 Å². The maximum absolute atomic E-state index is 11.9. The molecule has 0 aromatic heterocycles. The smallest absolute Gasteiger partial charge is 0.323 e. The van der Waals surface area contributed by atoms with E-state index in [2.05, 4.69) is 0 Å². The molecule has 1 saturated carbocycles. The van der Waals surface area contributed by atoms with E-state index in [0.29, 0.717) is 12.5 Å². The zero-order chi connectivity index (χ0) is 15.2. The third-order valence-corrected chi connectivity index (χ3v) is 4.63. The van der Waals surface area contributed by atoms with Gasteiger partial charge in [0.15, 0.2) is 0 Å². The quantitative estimate of drug-likeness (QED) is 0.809. The Morgan fingerprint density at radius 2 is 1.71 bits per heavy atom. The van der Waals surface area contributed by atoms with Crippen LogP contribution in [0.2, 0.25) is 0 Å². The van der Waals surface area contributed by atoms with Crippen LogP contribution in [0.3, 0.4) is 0 Å². The fraction of sp³-hybridized carbons (Fsp3) is 0.938. The van der Waals surface area contributed by atoms with Gasteiger partial charge in [0.2, 0.25) is 0 Å². The third kappa shape index (κ3) is 4.66. The molecular formula is C16H29NO4. The maximum atomic E-state index is 11.9. The van der Waals surface area contributed by atoms with E-state index in [-0.39, 0.29) is 24.3 Å². The van der Waals surface area contributed by atoms with Crippen molar-refractivity contribution in [2.24, 2.45) is 5.73 Å². The van der Waals surface area contributed by atoms with Crippen molar-refractivity contribution in [2.75, 3.05) is 7.11 Å². The zero-order valence-electron chi connectivity index (χ0n) is 13.3. The van der Waals surface area contributed by atoms with Crippen LogP contribution in [0.25, 0.3) is 0 Å². The van der Waals surface area contributed by atoms with Gasteiger partial charge in [-0.15, -0.1) is 0 Å². The average molecular weight is 299 g/mol. The summed E-state index contributed by atoms with van der Waals surface area (Å²) in [5, 5.41) is 0. The van der Waals surface area contributed by atoms with Crippen LogP contribution < -0.4 is 5.73 Å². The number of carbonyl (C=O) groups excluding carboxylic acids is 1. The lowest BCUT2D eigenvalue weighted by molar-refractivity contribution is -0.170. The molecule has 2 aliphatic rings. The van der Waals surface area contributed by atoms with E-state index >= 15 is 0 Å². The molecule has 1 aliphatic carbocycles. The van der Waals surface area contributed by atoms with Crippen molar-refractivity contribution in [2.45, 2.75) is 88.7 Å². The Labute approximate surface area is 127 Å². The normalized spacial score (nSPS) is 36.4. The molecule has 5 nitrogen and oxygen atoms in total. The Bertz CT molecular complexity index is 330. The monoisotopic (exact) mass is 299 g/mol. The number of hydrogen-bond acceptors (Lipinski definition) is 5. The van der Waals surface area contributed by atoms with E-state index < -0.39 is 6.04 Å². The number of methoxy groups -OCH3 is 1. The highest BCUT2D eigenvalue weighted by Gasteiger charge is 2.34. The lowest BCUT2D eigenvalue weighted by atomic mass is 9.99. The van der Waals surface area contributed by atoms with Gasteiger partial charge < -0.3 is 19.9 Å². The van der Waals surface area contributed by atoms with Crippen LogP contribution in [0.4, 0.5) is 0 Å². The summed E-state index contributed by atoms with van der Waals surface area (Å²) in [6.45, 7) is 1.87. The van der Waals surface area contributed by atoms with Crippen LogP contribution in [0.15, 0.2) is 0 Å². The summed E-state index contributed by atoms with van der Waals surface area (Å²) in [6.07, 6.45) is 8.06. The molecule has 1 heterocycles. The van der Waals surface area contributed by atoms with Crippen LogP contribution >= 0.6 is 0 Å². The average Bonchev–Trinajstić information content (AvgIpc) is 2.95. The number of nitrogens with two attached hydrogens (primary N) is 1. The second kappa shape index (κ2) is 8.11. The molecule has 2 fully saturated rings. The second-order valence-electron chi connectivity index (χ2n) is 6.31. The van der Waals surface area contributed by atoms with E-state index in [1.54, 1.807) is 7.11 Å². The van der Waals surface area contributed by atoms with Crippen LogP contribution in [-0.4, -0.2) is 43.5 Å². The first-order chi connectivity index (χ1) is 10.1. The number of ether oxygens (including phenoxy) is 3. The fourth-order valence-corrected chi connectivity index (χ4v) is 3.39. The molecule has 4 atom stereocenters. The minimum atomic E-state index is -0.516. The highest BCUT2D eigenvalue weighted by molar-refractivity contribution is 5.75. The Kier molecular flexibility index (Phi) is 6.45. The first kappa shape index (κ1) is 16.7. The Morgan fingerprint density at radius 3 is 2.38 bits per heavy atom. The van der Waals surface area contributed by atoms with Crippen LogP contribution in [-0.2, 0) is 19.0 Å². The van der Waals surface area contributed by atoms with Gasteiger partial charge in [0.05, 0.1) is 12.2 Å². The molecular weight excluding hydrogens is 270 g/mol. The topological polar surface area (TPSA) is 70.8 Å². The third-order valence-electron chi connectivity index (χ3n) is 4.63. The van der Waals surface area contributed by atoms with Crippen molar-refractivity contribution >= 4 is 5.97 Å². The molecule has 21 heavy (non-hydrogen) atoms. The van der Waals surface area contributed by atoms with Crippen LogP contribution in [0.5, 0.6) is 0 Å². The Balaban J connectivity index is 2.03. The number of carbonyl (C=O) groups is 1. The number of esters is 1. The maximum Gasteiger partial charge on any atom is 0.323 e. The number of cyclic esters (lactones) is 1. The largest absolute Gasteiger partial charge is 0.459 e. The Hall–Kier alpha value is -0.650. The van der Waals surface area contributed by atoms with Gasteiger partial charge in [-0.1, -0.05) is 25.7 Å². The first-order valence-corrected chi connectivity index (χ1v) is 8.26. The lowest BCUT2D eigenvalue weighted by Crippen LogP contribution is -2.46. The molecule has 5 heteroatoms. The van der Waals surface area contributed by atoms with Gasteiger partial charge >= 0.3 is 5.97 Å². The highest BCUT2D eigenvalue weighted by Crippen LogP contribution is 2.27. The minimum Gasteiger partial charge on any atom is -0.459 e. The van der Waals surface area contributed by atoms with Gasteiger partial charge in [-0.25, -0.2) is 0 Å². The fourth-order valence-electron chi connectivity index (χ4n) is 3.39. The van der Waals surface area contributed by atoms with Crippen LogP contribution in [0.1, 0.15) is 58.3 Å². The summed E-state index contributed by atoms with van der Waals surface area (Å²) >= 11 is 0. The van der Waals surface area contributed by atoms with Gasteiger partial charge in [-0.2, -0.15) is 0 Å². The number of hydrogen-bond donors (Lipinski definition) is 1. The predicted molar refractivity (Wildman–Crippen MR) is 79.9 cm³/mol. The first-order valence-electron chi connectivity index (χ1n) is 8.26. The summed E-state index contributed by atoms with van der Waals surface area (Å²) < 4.78 is 17.3. The van der Waals surface area contributed by atoms with Crippen molar-refractivity contribution in [1.29, 1.82) is 0 Å². The molecule has 1 aliphatic heterocycles. The summed E-state index contributed by atoms with van der Waals surface area (Å²) in [4.78, 5) is 11.9. The molecule has 2 N–H and O–H groups in total. The molecule has 1 saturated heterocycles. The summed E-state index contributed by atoms with van der Waals surface area (Å²) in [7, 11) is 1.66. The molecule has 0 bridgehead atoms. The molecule has 2 rings (SSSR count). The molecule has 0 aromatic carbocycles. The van der Waals surface area contributed by atoms with Crippen molar-refractivity contribution in [1.82, 2.24) is 0 Å². The van der Waals surface area contributed by atoms with Gasteiger partial charge in [0.1, 0.15) is 18.2 Å². The van der Waals surface area contributed by atoms with Gasteiger partial charge in [0.25, 0.3) is 0 Å². The molecule has 0 aromatic rings. The van der Waals surface area contributed by atoms with E-state index in [4.69, 9.17) is 19.9 Å². The van der Waals surface area contributed by atoms with Gasteiger partial charge in [-0.3, -0.25) is 4.79 Å². The van der Waals surface area contributed by atoms with Crippen molar-refractivity contribution in [3.63, 3.8) is 0 Å². The standard InChI is InChI=1S/C16H29NO4/c1-11-15(19-2)14(21-12-7-3-4-8-12)10-6-5-9-13(17)16(18)20-11/h11-15H,3-10,17H2,1-2H3/t11-,13-,14-,15-/m0/s1. The molecule has 0 radical (unpaired) electrons. The highest BCUT2D eigenvalue weighted by atomic mass is 16.6. The Morgan fingerprint density at radius 1 is 1.10 bits per heavy atom. The summed E-state index contributed by atoms with van der Waals surface area (Å²) in [5.41, 5.74) is 5.84. The van der Waals surface area contributed by atoms with E-state index in [0.717, 1.165) is 32.1 Å². The molecule has 122 valence electrons. The molecule has 0 spiro atoms. The summed E-state index contributed by atoms with van der Waals surface area (Å²) in [6, 6.07) is -0.516. The lowest BCUT2D eigenvalue weighted by Gasteiger charge is -2.33. The summed E-state index contributed by atoms with van der Waals surface area (Å²) in [5.74, 6) is -0.328. The zero-order valence-corrected chi connectivity index (χ0v) is 13.3. The number of rotatable bonds is 3. The minimum absolute atomic E-state index is 0.00442. The van der Waals surface area contributed by atoms with Crippen molar-refractivity contribution < 1.29 is 19.0 Å². The van der Waals surface area contributed by atoms with Crippen molar-refractivity contribution in [3.8, 4) is 0 Å². The van der Waals surface area contributed by atoms with E-state index in [9.17, 15) is 4.79 Å². The molecule has 0 amide bonds. The predicted octanol–water partition coefficient (Wildman–Crippen LogP) is 2.16. The molecule has 0 unspecified atom stereocenters. The second-order valence-corrected chi connectivity index (χ2v) is 6.31.